The molecule has 0 aliphatic carbocycles. The highest BCUT2D eigenvalue weighted by Crippen LogP contribution is 2.66. The van der Waals surface area contributed by atoms with Crippen LogP contribution in [0.3, 0.4) is 0 Å². The Labute approximate surface area is 80.9 Å². The maximum atomic E-state index is 13.0. The first-order valence-electron chi connectivity index (χ1n) is 3.49. The Bertz CT molecular complexity index is 293. The maximum absolute atomic E-state index is 13.0. The minimum atomic E-state index is -5.28. The van der Waals surface area contributed by atoms with Gasteiger partial charge in [-0.05, 0) is 0 Å². The standard InChI is InChI=1S/C5H6F5O4P/c1-3(6)4(7,8)5(9,10)14-15(11,12-2)13-3/h1-2H3. The average Bonchev–Trinajstić information content (AvgIpc) is 1.99. The number of phosphoric ester groups is 1. The fourth-order valence-electron chi connectivity index (χ4n) is 0.818. The summed E-state index contributed by atoms with van der Waals surface area (Å²) in [5.74, 6) is -9.42. The smallest absolute Gasteiger partial charge is 0.290 e. The van der Waals surface area contributed by atoms with Gasteiger partial charge in [-0.25, -0.2) is 18.0 Å². The van der Waals surface area contributed by atoms with Gasteiger partial charge < -0.3 is 0 Å². The first-order chi connectivity index (χ1) is 6.47. The number of hydrogen-bond donors (Lipinski definition) is 0. The molecular formula is C5H6F5O4P. The Morgan fingerprint density at radius 3 is 1.93 bits per heavy atom. The number of rotatable bonds is 1. The van der Waals surface area contributed by atoms with Crippen LogP contribution in [0.1, 0.15) is 6.92 Å². The van der Waals surface area contributed by atoms with Crippen LogP contribution in [0, 0.1) is 0 Å². The van der Waals surface area contributed by atoms with E-state index < -0.39 is 25.7 Å². The summed E-state index contributed by atoms with van der Waals surface area (Å²) in [6.45, 7) is 0.00903. The summed E-state index contributed by atoms with van der Waals surface area (Å²) in [4.78, 5) is 0. The van der Waals surface area contributed by atoms with E-state index in [4.69, 9.17) is 0 Å². The van der Waals surface area contributed by atoms with Crippen LogP contribution in [0.15, 0.2) is 0 Å². The second kappa shape index (κ2) is 3.13. The van der Waals surface area contributed by atoms with Crippen LogP contribution in [-0.2, 0) is 18.1 Å². The van der Waals surface area contributed by atoms with E-state index in [1.54, 1.807) is 0 Å². The fraction of sp³-hybridized carbons (Fsp3) is 1.00. The van der Waals surface area contributed by atoms with Crippen molar-refractivity contribution in [2.75, 3.05) is 7.11 Å². The quantitative estimate of drug-likeness (QED) is 0.534. The van der Waals surface area contributed by atoms with Gasteiger partial charge in [0.2, 0.25) is 0 Å². The van der Waals surface area contributed by atoms with Crippen molar-refractivity contribution < 1.29 is 40.1 Å². The van der Waals surface area contributed by atoms with Gasteiger partial charge in [0, 0.05) is 14.0 Å². The van der Waals surface area contributed by atoms with Crippen LogP contribution in [0.2, 0.25) is 0 Å². The molecule has 0 N–H and O–H groups in total. The third-order valence-corrected chi connectivity index (χ3v) is 3.13. The van der Waals surface area contributed by atoms with Crippen molar-refractivity contribution in [3.8, 4) is 0 Å². The Morgan fingerprint density at radius 1 is 1.13 bits per heavy atom. The lowest BCUT2D eigenvalue weighted by molar-refractivity contribution is -0.407. The molecule has 1 aliphatic rings. The summed E-state index contributed by atoms with van der Waals surface area (Å²) < 4.78 is 85.2. The zero-order chi connectivity index (χ0) is 12.1. The molecule has 1 aliphatic heterocycles. The first kappa shape index (κ1) is 12.8. The summed E-state index contributed by atoms with van der Waals surface area (Å²) in [7, 11) is -4.43. The van der Waals surface area contributed by atoms with Gasteiger partial charge in [0.25, 0.3) is 5.85 Å². The van der Waals surface area contributed by atoms with Crippen molar-refractivity contribution in [3.63, 3.8) is 0 Å². The molecule has 1 heterocycles. The lowest BCUT2D eigenvalue weighted by Crippen LogP contribution is -2.59. The highest BCUT2D eigenvalue weighted by molar-refractivity contribution is 7.48. The van der Waals surface area contributed by atoms with Crippen LogP contribution in [0.5, 0.6) is 0 Å². The SMILES string of the molecule is COP1(=O)OC(C)(F)C(F)(F)C(F)(F)O1. The van der Waals surface area contributed by atoms with E-state index >= 15 is 0 Å². The Kier molecular flexibility index (Phi) is 2.68. The second-order valence-corrected chi connectivity index (χ2v) is 4.45. The third kappa shape index (κ3) is 1.77. The van der Waals surface area contributed by atoms with Gasteiger partial charge in [-0.2, -0.15) is 17.6 Å². The van der Waals surface area contributed by atoms with Gasteiger partial charge in [0.1, 0.15) is 0 Å². The predicted molar refractivity (Wildman–Crippen MR) is 36.2 cm³/mol. The minimum Gasteiger partial charge on any atom is -0.290 e. The summed E-state index contributed by atoms with van der Waals surface area (Å²) in [6, 6.07) is 0. The fourth-order valence-corrected chi connectivity index (χ4v) is 1.93. The molecule has 0 amide bonds. The molecule has 0 aromatic rings. The molecule has 4 nitrogen and oxygen atoms in total. The van der Waals surface area contributed by atoms with Gasteiger partial charge in [0.15, 0.2) is 0 Å². The molecule has 0 radical (unpaired) electrons. The highest BCUT2D eigenvalue weighted by atomic mass is 31.2. The zero-order valence-corrected chi connectivity index (χ0v) is 8.36. The van der Waals surface area contributed by atoms with Crippen LogP contribution in [0.25, 0.3) is 0 Å². The second-order valence-electron chi connectivity index (χ2n) is 2.82. The van der Waals surface area contributed by atoms with E-state index in [0.29, 0.717) is 7.11 Å². The lowest BCUT2D eigenvalue weighted by atomic mass is 10.1. The summed E-state index contributed by atoms with van der Waals surface area (Å²) in [5, 5.41) is 0. The Hall–Kier alpha value is -0.240. The monoisotopic (exact) mass is 256 g/mol. The van der Waals surface area contributed by atoms with E-state index in [-0.39, 0.29) is 6.92 Å². The molecule has 2 atom stereocenters. The van der Waals surface area contributed by atoms with E-state index in [9.17, 15) is 26.5 Å². The zero-order valence-electron chi connectivity index (χ0n) is 7.47. The van der Waals surface area contributed by atoms with E-state index in [1.165, 1.54) is 0 Å². The van der Waals surface area contributed by atoms with Crippen molar-refractivity contribution in [1.82, 2.24) is 0 Å². The number of hydrogen-bond acceptors (Lipinski definition) is 4. The van der Waals surface area contributed by atoms with Gasteiger partial charge >= 0.3 is 19.9 Å². The molecule has 0 aromatic heterocycles. The van der Waals surface area contributed by atoms with Crippen molar-refractivity contribution in [1.29, 1.82) is 0 Å². The van der Waals surface area contributed by atoms with E-state index in [0.717, 1.165) is 0 Å². The van der Waals surface area contributed by atoms with Gasteiger partial charge in [-0.1, -0.05) is 0 Å². The molecule has 1 rings (SSSR count). The molecule has 1 fully saturated rings. The van der Waals surface area contributed by atoms with Crippen molar-refractivity contribution in [2.45, 2.75) is 24.8 Å². The molecule has 15 heavy (non-hydrogen) atoms. The maximum Gasteiger partial charge on any atom is 0.482 e. The molecular weight excluding hydrogens is 250 g/mol. The third-order valence-electron chi connectivity index (χ3n) is 1.66. The van der Waals surface area contributed by atoms with Crippen LogP contribution < -0.4 is 0 Å². The van der Waals surface area contributed by atoms with E-state index in [1.807, 2.05) is 0 Å². The molecule has 10 heteroatoms. The molecule has 0 spiro atoms. The molecule has 90 valence electrons. The molecule has 0 bridgehead atoms. The number of halogens is 5. The normalized spacial score (nSPS) is 43.9. The summed E-state index contributed by atoms with van der Waals surface area (Å²) in [6.07, 6.45) is -5.28. The van der Waals surface area contributed by atoms with Crippen molar-refractivity contribution in [3.05, 3.63) is 0 Å². The van der Waals surface area contributed by atoms with Gasteiger partial charge in [0.05, 0.1) is 0 Å². The topological polar surface area (TPSA) is 44.8 Å². The number of alkyl halides is 5. The van der Waals surface area contributed by atoms with Crippen LogP contribution in [-0.4, -0.2) is 25.0 Å². The lowest BCUT2D eigenvalue weighted by Gasteiger charge is -2.40. The summed E-state index contributed by atoms with van der Waals surface area (Å²) >= 11 is 0. The Morgan fingerprint density at radius 2 is 1.60 bits per heavy atom. The first-order valence-corrected chi connectivity index (χ1v) is 4.95. The molecule has 0 aromatic carbocycles. The highest BCUT2D eigenvalue weighted by Gasteiger charge is 2.78. The summed E-state index contributed by atoms with van der Waals surface area (Å²) in [5.41, 5.74) is 0. The van der Waals surface area contributed by atoms with Gasteiger partial charge in [-0.15, -0.1) is 0 Å². The molecule has 1 saturated heterocycles. The van der Waals surface area contributed by atoms with E-state index in [2.05, 4.69) is 13.6 Å². The van der Waals surface area contributed by atoms with Crippen LogP contribution >= 0.6 is 7.82 Å². The Balaban J connectivity index is 3.19. The average molecular weight is 256 g/mol. The largest absolute Gasteiger partial charge is 0.482 e. The molecule has 0 saturated carbocycles. The predicted octanol–water partition coefficient (Wildman–Crippen LogP) is 2.70. The minimum absolute atomic E-state index is 0.00903. The van der Waals surface area contributed by atoms with Crippen molar-refractivity contribution >= 4 is 7.82 Å². The number of phosphoric acid groups is 1. The van der Waals surface area contributed by atoms with Gasteiger partial charge in [-0.3, -0.25) is 4.52 Å². The molecule has 2 unspecified atom stereocenters. The van der Waals surface area contributed by atoms with Crippen molar-refractivity contribution in [2.24, 2.45) is 0 Å². The van der Waals surface area contributed by atoms with Crippen LogP contribution in [0.4, 0.5) is 22.0 Å².